The molecule has 0 bridgehead atoms. The van der Waals surface area contributed by atoms with Crippen LogP contribution in [0.25, 0.3) is 6.08 Å². The van der Waals surface area contributed by atoms with Gasteiger partial charge in [-0.05, 0) is 35.9 Å². The maximum atomic E-state index is 12.0. The van der Waals surface area contributed by atoms with E-state index in [-0.39, 0.29) is 23.9 Å². The summed E-state index contributed by atoms with van der Waals surface area (Å²) in [5, 5.41) is 0. The molecule has 0 fully saturated rings. The van der Waals surface area contributed by atoms with Crippen LogP contribution in [0.3, 0.4) is 0 Å². The van der Waals surface area contributed by atoms with Gasteiger partial charge in [-0.1, -0.05) is 12.1 Å². The number of hydrogen-bond acceptors (Lipinski definition) is 6. The zero-order valence-corrected chi connectivity index (χ0v) is 13.1. The van der Waals surface area contributed by atoms with Crippen molar-refractivity contribution in [2.24, 2.45) is 0 Å². The molecule has 0 saturated carbocycles. The second kappa shape index (κ2) is 8.62. The number of carbonyl (C=O) groups is 2. The Kier molecular flexibility index (Phi) is 6.27. The van der Waals surface area contributed by atoms with E-state index >= 15 is 0 Å². The van der Waals surface area contributed by atoms with Gasteiger partial charge in [-0.2, -0.15) is 8.78 Å². The van der Waals surface area contributed by atoms with Crippen molar-refractivity contribution >= 4 is 18.0 Å². The SMILES string of the molecule is COC(=O)c1ccc(COC(=O)/C=C/c2ccc(OC(F)F)cc2)o1. The average molecular weight is 352 g/mol. The summed E-state index contributed by atoms with van der Waals surface area (Å²) in [5.74, 6) is -0.944. The van der Waals surface area contributed by atoms with E-state index in [1.165, 1.54) is 55.7 Å². The Hall–Kier alpha value is -3.16. The average Bonchev–Trinajstić information content (AvgIpc) is 3.07. The highest BCUT2D eigenvalue weighted by Gasteiger charge is 2.11. The lowest BCUT2D eigenvalue weighted by atomic mass is 10.2. The molecule has 25 heavy (non-hydrogen) atoms. The second-order valence-corrected chi connectivity index (χ2v) is 4.65. The molecule has 132 valence electrons. The van der Waals surface area contributed by atoms with E-state index < -0.39 is 18.6 Å². The summed E-state index contributed by atoms with van der Waals surface area (Å²) < 4.78 is 42.9. The van der Waals surface area contributed by atoms with Crippen molar-refractivity contribution in [3.05, 3.63) is 59.6 Å². The van der Waals surface area contributed by atoms with Crippen LogP contribution in [0.5, 0.6) is 5.75 Å². The van der Waals surface area contributed by atoms with Gasteiger partial charge in [0.2, 0.25) is 5.76 Å². The molecule has 0 aliphatic carbocycles. The van der Waals surface area contributed by atoms with Crippen LogP contribution < -0.4 is 4.74 Å². The molecule has 2 aromatic rings. The fourth-order valence-electron chi connectivity index (χ4n) is 1.78. The van der Waals surface area contributed by atoms with Crippen LogP contribution >= 0.6 is 0 Å². The maximum Gasteiger partial charge on any atom is 0.387 e. The van der Waals surface area contributed by atoms with Gasteiger partial charge in [0.25, 0.3) is 0 Å². The van der Waals surface area contributed by atoms with Crippen molar-refractivity contribution in [1.29, 1.82) is 0 Å². The van der Waals surface area contributed by atoms with E-state index in [1.807, 2.05) is 0 Å². The summed E-state index contributed by atoms with van der Waals surface area (Å²) in [4.78, 5) is 22.9. The largest absolute Gasteiger partial charge is 0.463 e. The number of hydrogen-bond donors (Lipinski definition) is 0. The van der Waals surface area contributed by atoms with Crippen molar-refractivity contribution in [3.8, 4) is 5.75 Å². The highest BCUT2D eigenvalue weighted by atomic mass is 19.3. The van der Waals surface area contributed by atoms with Crippen molar-refractivity contribution in [1.82, 2.24) is 0 Å². The van der Waals surface area contributed by atoms with Crippen LogP contribution in [0.1, 0.15) is 21.9 Å². The normalized spacial score (nSPS) is 10.9. The second-order valence-electron chi connectivity index (χ2n) is 4.65. The lowest BCUT2D eigenvalue weighted by molar-refractivity contribution is -0.139. The molecule has 0 aliphatic rings. The van der Waals surface area contributed by atoms with Gasteiger partial charge in [-0.15, -0.1) is 0 Å². The molecule has 1 aromatic carbocycles. The summed E-state index contributed by atoms with van der Waals surface area (Å²) in [6.45, 7) is -3.04. The predicted molar refractivity (Wildman–Crippen MR) is 82.0 cm³/mol. The quantitative estimate of drug-likeness (QED) is 0.561. The summed E-state index contributed by atoms with van der Waals surface area (Å²) in [7, 11) is 1.22. The number of halogens is 2. The van der Waals surface area contributed by atoms with Crippen molar-refractivity contribution in [2.75, 3.05) is 7.11 Å². The number of carbonyl (C=O) groups excluding carboxylic acids is 2. The van der Waals surface area contributed by atoms with Crippen molar-refractivity contribution < 1.29 is 37.0 Å². The minimum atomic E-state index is -2.89. The number of rotatable bonds is 7. The van der Waals surface area contributed by atoms with E-state index in [4.69, 9.17) is 9.15 Å². The topological polar surface area (TPSA) is 75.0 Å². The number of ether oxygens (including phenoxy) is 3. The summed E-state index contributed by atoms with van der Waals surface area (Å²) in [6.07, 6.45) is 2.63. The van der Waals surface area contributed by atoms with Gasteiger partial charge in [0, 0.05) is 6.08 Å². The first-order chi connectivity index (χ1) is 12.0. The van der Waals surface area contributed by atoms with Gasteiger partial charge in [-0.3, -0.25) is 0 Å². The Labute approximate surface area is 141 Å². The summed E-state index contributed by atoms with van der Waals surface area (Å²) >= 11 is 0. The molecule has 2 rings (SSSR count). The standard InChI is InChI=1S/C17H14F2O6/c1-22-16(21)14-8-7-13(24-14)10-23-15(20)9-4-11-2-5-12(6-3-11)25-17(18)19/h2-9,17H,10H2,1H3/b9-4+. The van der Waals surface area contributed by atoms with Gasteiger partial charge in [0.05, 0.1) is 7.11 Å². The van der Waals surface area contributed by atoms with E-state index in [0.717, 1.165) is 0 Å². The van der Waals surface area contributed by atoms with Crippen LogP contribution in [0, 0.1) is 0 Å². The molecule has 8 heteroatoms. The third-order valence-corrected chi connectivity index (χ3v) is 2.92. The first-order valence-electron chi connectivity index (χ1n) is 7.04. The van der Waals surface area contributed by atoms with E-state index in [0.29, 0.717) is 5.56 Å². The van der Waals surface area contributed by atoms with Gasteiger partial charge in [-0.25, -0.2) is 9.59 Å². The molecule has 1 aromatic heterocycles. The number of benzene rings is 1. The first kappa shape index (κ1) is 18.2. The lowest BCUT2D eigenvalue weighted by Gasteiger charge is -2.03. The molecular formula is C17H14F2O6. The maximum absolute atomic E-state index is 12.0. The number of esters is 2. The molecule has 0 N–H and O–H groups in total. The molecule has 0 saturated heterocycles. The third-order valence-electron chi connectivity index (χ3n) is 2.92. The van der Waals surface area contributed by atoms with Crippen LogP contribution in [0.4, 0.5) is 8.78 Å². The van der Waals surface area contributed by atoms with Crippen molar-refractivity contribution in [2.45, 2.75) is 13.2 Å². The summed E-state index contributed by atoms with van der Waals surface area (Å²) in [6, 6.07) is 8.63. The Bertz CT molecular complexity index is 749. The highest BCUT2D eigenvalue weighted by Crippen LogP contribution is 2.16. The van der Waals surface area contributed by atoms with Gasteiger partial charge in [0.15, 0.2) is 0 Å². The zero-order chi connectivity index (χ0) is 18.2. The van der Waals surface area contributed by atoms with Crippen LogP contribution in [0.15, 0.2) is 46.9 Å². The molecule has 0 aliphatic heterocycles. The summed E-state index contributed by atoms with van der Waals surface area (Å²) in [5.41, 5.74) is 0.601. The Morgan fingerprint density at radius 2 is 1.88 bits per heavy atom. The van der Waals surface area contributed by atoms with Gasteiger partial charge >= 0.3 is 18.6 Å². The van der Waals surface area contributed by atoms with Crippen molar-refractivity contribution in [3.63, 3.8) is 0 Å². The van der Waals surface area contributed by atoms with Crippen LogP contribution in [-0.4, -0.2) is 25.7 Å². The third kappa shape index (κ3) is 5.76. The fourth-order valence-corrected chi connectivity index (χ4v) is 1.78. The first-order valence-corrected chi connectivity index (χ1v) is 7.04. The molecule has 1 heterocycles. The van der Waals surface area contributed by atoms with Crippen LogP contribution in [0.2, 0.25) is 0 Å². The Morgan fingerprint density at radius 3 is 2.52 bits per heavy atom. The number of methoxy groups -OCH3 is 1. The monoisotopic (exact) mass is 352 g/mol. The van der Waals surface area contributed by atoms with E-state index in [9.17, 15) is 18.4 Å². The Balaban J connectivity index is 1.84. The molecule has 0 radical (unpaired) electrons. The lowest BCUT2D eigenvalue weighted by Crippen LogP contribution is -2.01. The molecule has 0 amide bonds. The molecule has 0 spiro atoms. The zero-order valence-electron chi connectivity index (χ0n) is 13.1. The fraction of sp³-hybridized carbons (Fsp3) is 0.176. The molecule has 0 unspecified atom stereocenters. The van der Waals surface area contributed by atoms with Gasteiger partial charge in [0.1, 0.15) is 18.1 Å². The molecule has 6 nitrogen and oxygen atoms in total. The highest BCUT2D eigenvalue weighted by molar-refractivity contribution is 5.87. The van der Waals surface area contributed by atoms with E-state index in [1.54, 1.807) is 0 Å². The Morgan fingerprint density at radius 1 is 1.16 bits per heavy atom. The number of alkyl halides is 2. The van der Waals surface area contributed by atoms with Crippen LogP contribution in [-0.2, 0) is 20.9 Å². The molecule has 0 atom stereocenters. The van der Waals surface area contributed by atoms with E-state index in [2.05, 4.69) is 9.47 Å². The number of furan rings is 1. The minimum absolute atomic E-state index is 0.00944. The molecular weight excluding hydrogens is 338 g/mol. The predicted octanol–water partition coefficient (Wildman–Crippen LogP) is 3.42. The minimum Gasteiger partial charge on any atom is -0.463 e. The van der Waals surface area contributed by atoms with Gasteiger partial charge < -0.3 is 18.6 Å². The smallest absolute Gasteiger partial charge is 0.387 e.